The quantitative estimate of drug-likeness (QED) is 0.713. The molecule has 0 radical (unpaired) electrons. The zero-order chi connectivity index (χ0) is 11.3. The number of carbonyl (C=O) groups is 1. The van der Waals surface area contributed by atoms with E-state index >= 15 is 0 Å². The Balaban J connectivity index is 2.58. The van der Waals surface area contributed by atoms with Crippen LogP contribution in [0.25, 0.3) is 0 Å². The molecule has 1 aromatic rings. The standard InChI is InChI=1S/C12H14N2O/c1-3-9(2)14-8-10-4-6-11(7-5-10)12(13)15/h1,4-7,9,14H,8H2,2H3,(H2,13,15). The smallest absolute Gasteiger partial charge is 0.248 e. The molecule has 1 aromatic carbocycles. The Morgan fingerprint density at radius 2 is 2.13 bits per heavy atom. The first-order valence-corrected chi connectivity index (χ1v) is 4.71. The summed E-state index contributed by atoms with van der Waals surface area (Å²) in [5.41, 5.74) is 6.72. The number of nitrogens with two attached hydrogens (primary N) is 1. The van der Waals surface area contributed by atoms with Crippen LogP contribution in [0.5, 0.6) is 0 Å². The highest BCUT2D eigenvalue weighted by atomic mass is 16.1. The highest BCUT2D eigenvalue weighted by molar-refractivity contribution is 5.92. The van der Waals surface area contributed by atoms with E-state index in [9.17, 15) is 4.79 Å². The van der Waals surface area contributed by atoms with E-state index in [0.29, 0.717) is 12.1 Å². The summed E-state index contributed by atoms with van der Waals surface area (Å²) in [4.78, 5) is 10.8. The van der Waals surface area contributed by atoms with Crippen LogP contribution >= 0.6 is 0 Å². The molecule has 0 fully saturated rings. The summed E-state index contributed by atoms with van der Waals surface area (Å²) in [5.74, 6) is 2.17. The van der Waals surface area contributed by atoms with Crippen molar-refractivity contribution in [3.63, 3.8) is 0 Å². The van der Waals surface area contributed by atoms with Crippen LogP contribution in [-0.4, -0.2) is 11.9 Å². The molecule has 0 spiro atoms. The predicted molar refractivity (Wildman–Crippen MR) is 60.1 cm³/mol. The lowest BCUT2D eigenvalue weighted by molar-refractivity contribution is 0.100. The summed E-state index contributed by atoms with van der Waals surface area (Å²) in [7, 11) is 0. The van der Waals surface area contributed by atoms with Gasteiger partial charge in [-0.25, -0.2) is 0 Å². The first kappa shape index (κ1) is 11.3. The third kappa shape index (κ3) is 3.45. The normalized spacial score (nSPS) is 11.7. The van der Waals surface area contributed by atoms with E-state index in [1.165, 1.54) is 0 Å². The lowest BCUT2D eigenvalue weighted by atomic mass is 10.1. The molecule has 0 bridgehead atoms. The SMILES string of the molecule is C#CC(C)NCc1ccc(C(N)=O)cc1. The predicted octanol–water partition coefficient (Wildman–Crippen LogP) is 0.897. The number of amides is 1. The molecule has 3 heteroatoms. The van der Waals surface area contributed by atoms with Gasteiger partial charge in [0.15, 0.2) is 0 Å². The minimum Gasteiger partial charge on any atom is -0.366 e. The van der Waals surface area contributed by atoms with Gasteiger partial charge in [0.1, 0.15) is 0 Å². The minimum atomic E-state index is -0.411. The summed E-state index contributed by atoms with van der Waals surface area (Å²) >= 11 is 0. The molecule has 0 saturated carbocycles. The lowest BCUT2D eigenvalue weighted by Crippen LogP contribution is -2.23. The second kappa shape index (κ2) is 5.18. The molecule has 0 heterocycles. The van der Waals surface area contributed by atoms with Crippen LogP contribution in [0, 0.1) is 12.3 Å². The average Bonchev–Trinajstić information content (AvgIpc) is 2.26. The molecule has 78 valence electrons. The van der Waals surface area contributed by atoms with Gasteiger partial charge in [0.2, 0.25) is 5.91 Å². The van der Waals surface area contributed by atoms with Crippen LogP contribution in [0.2, 0.25) is 0 Å². The molecule has 0 aliphatic rings. The Morgan fingerprint density at radius 1 is 1.53 bits per heavy atom. The van der Waals surface area contributed by atoms with Crippen molar-refractivity contribution in [1.29, 1.82) is 0 Å². The second-order valence-electron chi connectivity index (χ2n) is 3.33. The van der Waals surface area contributed by atoms with Crippen molar-refractivity contribution in [2.75, 3.05) is 0 Å². The number of hydrogen-bond donors (Lipinski definition) is 2. The largest absolute Gasteiger partial charge is 0.366 e. The van der Waals surface area contributed by atoms with E-state index in [2.05, 4.69) is 11.2 Å². The van der Waals surface area contributed by atoms with Crippen LogP contribution in [-0.2, 0) is 6.54 Å². The highest BCUT2D eigenvalue weighted by Gasteiger charge is 2.00. The molecule has 0 aromatic heterocycles. The van der Waals surface area contributed by atoms with E-state index in [0.717, 1.165) is 5.56 Å². The number of carbonyl (C=O) groups excluding carboxylic acids is 1. The van der Waals surface area contributed by atoms with Crippen molar-refractivity contribution in [1.82, 2.24) is 5.32 Å². The Bertz CT molecular complexity index is 376. The molecule has 15 heavy (non-hydrogen) atoms. The average molecular weight is 202 g/mol. The van der Waals surface area contributed by atoms with Gasteiger partial charge in [-0.15, -0.1) is 6.42 Å². The van der Waals surface area contributed by atoms with Gasteiger partial charge >= 0.3 is 0 Å². The van der Waals surface area contributed by atoms with Crippen LogP contribution in [0.1, 0.15) is 22.8 Å². The summed E-state index contributed by atoms with van der Waals surface area (Å²) in [5, 5.41) is 3.14. The zero-order valence-electron chi connectivity index (χ0n) is 8.66. The molecule has 3 nitrogen and oxygen atoms in total. The topological polar surface area (TPSA) is 55.1 Å². The summed E-state index contributed by atoms with van der Waals surface area (Å²) in [6, 6.07) is 7.17. The molecule has 1 amide bonds. The summed E-state index contributed by atoms with van der Waals surface area (Å²) < 4.78 is 0. The van der Waals surface area contributed by atoms with E-state index < -0.39 is 5.91 Å². The minimum absolute atomic E-state index is 0.0424. The molecule has 1 unspecified atom stereocenters. The molecular formula is C12H14N2O. The third-order valence-electron chi connectivity index (χ3n) is 2.10. The maximum atomic E-state index is 10.8. The van der Waals surface area contributed by atoms with Gasteiger partial charge in [-0.2, -0.15) is 0 Å². The van der Waals surface area contributed by atoms with Gasteiger partial charge < -0.3 is 5.73 Å². The van der Waals surface area contributed by atoms with Gasteiger partial charge in [0.25, 0.3) is 0 Å². The zero-order valence-corrected chi connectivity index (χ0v) is 8.66. The molecule has 1 atom stereocenters. The van der Waals surface area contributed by atoms with Gasteiger partial charge in [0, 0.05) is 12.1 Å². The van der Waals surface area contributed by atoms with E-state index in [1.54, 1.807) is 12.1 Å². The van der Waals surface area contributed by atoms with Crippen LogP contribution < -0.4 is 11.1 Å². The second-order valence-corrected chi connectivity index (χ2v) is 3.33. The maximum Gasteiger partial charge on any atom is 0.248 e. The van der Waals surface area contributed by atoms with Gasteiger partial charge in [0.05, 0.1) is 6.04 Å². The van der Waals surface area contributed by atoms with Crippen molar-refractivity contribution in [3.05, 3.63) is 35.4 Å². The van der Waals surface area contributed by atoms with Crippen LogP contribution in [0.4, 0.5) is 0 Å². The highest BCUT2D eigenvalue weighted by Crippen LogP contribution is 2.03. The summed E-state index contributed by atoms with van der Waals surface area (Å²) in [6.07, 6.45) is 5.23. The monoisotopic (exact) mass is 202 g/mol. The Labute approximate surface area is 89.7 Å². The van der Waals surface area contributed by atoms with Crippen LogP contribution in [0.15, 0.2) is 24.3 Å². The van der Waals surface area contributed by atoms with Crippen LogP contribution in [0.3, 0.4) is 0 Å². The van der Waals surface area contributed by atoms with Crippen molar-refractivity contribution in [3.8, 4) is 12.3 Å². The maximum absolute atomic E-state index is 10.8. The van der Waals surface area contributed by atoms with Crippen molar-refractivity contribution in [2.45, 2.75) is 19.5 Å². The lowest BCUT2D eigenvalue weighted by Gasteiger charge is -2.07. The number of primary amides is 1. The fourth-order valence-electron chi connectivity index (χ4n) is 1.12. The van der Waals surface area contributed by atoms with E-state index in [4.69, 9.17) is 12.2 Å². The van der Waals surface area contributed by atoms with E-state index in [-0.39, 0.29) is 6.04 Å². The van der Waals surface area contributed by atoms with Gasteiger partial charge in [-0.05, 0) is 24.6 Å². The van der Waals surface area contributed by atoms with Crippen molar-refractivity contribution in [2.24, 2.45) is 5.73 Å². The number of benzene rings is 1. The van der Waals surface area contributed by atoms with E-state index in [1.807, 2.05) is 19.1 Å². The van der Waals surface area contributed by atoms with Crippen molar-refractivity contribution < 1.29 is 4.79 Å². The number of hydrogen-bond acceptors (Lipinski definition) is 2. The third-order valence-corrected chi connectivity index (χ3v) is 2.10. The first-order chi connectivity index (χ1) is 7.13. The number of nitrogens with one attached hydrogen (secondary N) is 1. The van der Waals surface area contributed by atoms with Gasteiger partial charge in [-0.3, -0.25) is 10.1 Å². The Hall–Kier alpha value is -1.79. The first-order valence-electron chi connectivity index (χ1n) is 4.71. The number of rotatable bonds is 4. The number of terminal acetylenes is 1. The Kier molecular flexibility index (Phi) is 3.90. The molecular weight excluding hydrogens is 188 g/mol. The van der Waals surface area contributed by atoms with Crippen molar-refractivity contribution >= 4 is 5.91 Å². The Morgan fingerprint density at radius 3 is 2.60 bits per heavy atom. The molecule has 3 N–H and O–H groups in total. The van der Waals surface area contributed by atoms with Gasteiger partial charge in [-0.1, -0.05) is 18.1 Å². The fraction of sp³-hybridized carbons (Fsp3) is 0.250. The fourth-order valence-corrected chi connectivity index (χ4v) is 1.12. The molecule has 1 rings (SSSR count). The summed E-state index contributed by atoms with van der Waals surface area (Å²) in [6.45, 7) is 2.60. The molecule has 0 aliphatic heterocycles. The molecule has 0 saturated heterocycles. The molecule has 0 aliphatic carbocycles.